The lowest BCUT2D eigenvalue weighted by Gasteiger charge is -2.14. The molecule has 1 nitrogen and oxygen atoms in total. The first-order valence-electron chi connectivity index (χ1n) is 5.68. The molecule has 0 amide bonds. The summed E-state index contributed by atoms with van der Waals surface area (Å²) in [5.41, 5.74) is 1.14. The molecule has 1 rings (SSSR count). The van der Waals surface area contributed by atoms with Crippen LogP contribution >= 0.6 is 27.5 Å². The van der Waals surface area contributed by atoms with E-state index in [4.69, 9.17) is 16.3 Å². The minimum absolute atomic E-state index is 0.570. The summed E-state index contributed by atoms with van der Waals surface area (Å²) in [5, 5.41) is 1.81. The third-order valence-electron chi connectivity index (χ3n) is 2.68. The molecule has 0 aliphatic rings. The first-order valence-corrected chi connectivity index (χ1v) is 7.18. The van der Waals surface area contributed by atoms with Gasteiger partial charge >= 0.3 is 0 Å². The Hall–Kier alpha value is -0.210. The van der Waals surface area contributed by atoms with Crippen molar-refractivity contribution in [1.82, 2.24) is 0 Å². The van der Waals surface area contributed by atoms with E-state index in [1.807, 2.05) is 18.2 Å². The van der Waals surface area contributed by atoms with Crippen molar-refractivity contribution in [3.63, 3.8) is 0 Å². The highest BCUT2D eigenvalue weighted by atomic mass is 79.9. The van der Waals surface area contributed by atoms with Gasteiger partial charge in [-0.1, -0.05) is 41.4 Å². The summed E-state index contributed by atoms with van der Waals surface area (Å²) < 4.78 is 5.76. The molecule has 1 aromatic carbocycles. The van der Waals surface area contributed by atoms with E-state index in [9.17, 15) is 0 Å². The van der Waals surface area contributed by atoms with Gasteiger partial charge in [-0.25, -0.2) is 0 Å². The van der Waals surface area contributed by atoms with Crippen molar-refractivity contribution in [2.24, 2.45) is 5.92 Å². The van der Waals surface area contributed by atoms with Crippen molar-refractivity contribution in [2.45, 2.75) is 26.7 Å². The fourth-order valence-corrected chi connectivity index (χ4v) is 2.29. The van der Waals surface area contributed by atoms with Crippen LogP contribution in [0.5, 0.6) is 5.75 Å². The summed E-state index contributed by atoms with van der Waals surface area (Å²) in [6.07, 6.45) is 2.06. The van der Waals surface area contributed by atoms with Crippen LogP contribution in [-0.2, 0) is 6.42 Å². The maximum absolute atomic E-state index is 6.05. The van der Waals surface area contributed by atoms with Crippen molar-refractivity contribution in [2.75, 3.05) is 11.9 Å². The molecule has 0 spiro atoms. The van der Waals surface area contributed by atoms with Gasteiger partial charge in [0.25, 0.3) is 0 Å². The summed E-state index contributed by atoms with van der Waals surface area (Å²) in [5.74, 6) is 1.49. The summed E-state index contributed by atoms with van der Waals surface area (Å²) in [6, 6.07) is 5.87. The van der Waals surface area contributed by atoms with Crippen LogP contribution < -0.4 is 4.74 Å². The van der Waals surface area contributed by atoms with Crippen LogP contribution in [0.4, 0.5) is 0 Å². The molecular weight excluding hydrogens is 287 g/mol. The fraction of sp³-hybridized carbons (Fsp3) is 0.538. The number of aryl methyl sites for hydroxylation is 1. The van der Waals surface area contributed by atoms with Crippen LogP contribution in [0.3, 0.4) is 0 Å². The summed E-state index contributed by atoms with van der Waals surface area (Å²) in [7, 11) is 0. The number of ether oxygens (including phenoxy) is 1. The number of benzene rings is 1. The summed E-state index contributed by atoms with van der Waals surface area (Å²) >= 11 is 9.54. The Kier molecular flexibility index (Phi) is 6.22. The van der Waals surface area contributed by atoms with E-state index in [0.29, 0.717) is 5.92 Å². The van der Waals surface area contributed by atoms with Crippen molar-refractivity contribution < 1.29 is 4.74 Å². The third-order valence-corrected chi connectivity index (χ3v) is 3.96. The number of halogens is 2. The molecule has 16 heavy (non-hydrogen) atoms. The number of alkyl halides is 1. The van der Waals surface area contributed by atoms with Crippen molar-refractivity contribution in [1.29, 1.82) is 0 Å². The molecule has 0 saturated carbocycles. The highest BCUT2D eigenvalue weighted by Gasteiger charge is 2.06. The Morgan fingerprint density at radius 3 is 2.69 bits per heavy atom. The van der Waals surface area contributed by atoms with E-state index in [1.54, 1.807) is 0 Å². The molecule has 1 aromatic rings. The Morgan fingerprint density at radius 2 is 2.12 bits per heavy atom. The average Bonchev–Trinajstić information content (AvgIpc) is 2.32. The SMILES string of the molecule is CCc1cc(OCC(CC)CBr)ccc1Cl. The smallest absolute Gasteiger partial charge is 0.119 e. The van der Waals surface area contributed by atoms with Crippen LogP contribution in [0.1, 0.15) is 25.8 Å². The van der Waals surface area contributed by atoms with Gasteiger partial charge in [-0.3, -0.25) is 0 Å². The summed E-state index contributed by atoms with van der Waals surface area (Å²) in [4.78, 5) is 0. The topological polar surface area (TPSA) is 9.23 Å². The van der Waals surface area contributed by atoms with Gasteiger partial charge in [-0.2, -0.15) is 0 Å². The fourth-order valence-electron chi connectivity index (χ4n) is 1.40. The number of hydrogen-bond acceptors (Lipinski definition) is 1. The van der Waals surface area contributed by atoms with Crippen molar-refractivity contribution in [3.8, 4) is 5.75 Å². The number of rotatable bonds is 6. The second kappa shape index (κ2) is 7.18. The summed E-state index contributed by atoms with van der Waals surface area (Å²) in [6.45, 7) is 5.03. The largest absolute Gasteiger partial charge is 0.493 e. The maximum Gasteiger partial charge on any atom is 0.119 e. The zero-order chi connectivity index (χ0) is 12.0. The van der Waals surface area contributed by atoms with Crippen molar-refractivity contribution in [3.05, 3.63) is 28.8 Å². The van der Waals surface area contributed by atoms with Gasteiger partial charge in [0.05, 0.1) is 6.61 Å². The maximum atomic E-state index is 6.05. The first kappa shape index (κ1) is 13.9. The predicted octanol–water partition coefficient (Wildman–Crippen LogP) is 4.70. The molecule has 1 atom stereocenters. The minimum Gasteiger partial charge on any atom is -0.493 e. The van der Waals surface area contributed by atoms with E-state index >= 15 is 0 Å². The molecule has 0 N–H and O–H groups in total. The average molecular weight is 306 g/mol. The van der Waals surface area contributed by atoms with E-state index in [2.05, 4.69) is 29.8 Å². The second-order valence-corrected chi connectivity index (χ2v) is 4.90. The quantitative estimate of drug-likeness (QED) is 0.692. The molecule has 0 saturated heterocycles. The normalized spacial score (nSPS) is 12.5. The Bertz CT molecular complexity index is 324. The molecule has 0 radical (unpaired) electrons. The lowest BCUT2D eigenvalue weighted by Crippen LogP contribution is -2.12. The molecule has 0 bridgehead atoms. The Balaban J connectivity index is 2.60. The highest BCUT2D eigenvalue weighted by molar-refractivity contribution is 9.09. The Morgan fingerprint density at radius 1 is 1.38 bits per heavy atom. The minimum atomic E-state index is 0.570. The lowest BCUT2D eigenvalue weighted by atomic mass is 10.1. The van der Waals surface area contributed by atoms with Crippen LogP contribution in [0.2, 0.25) is 5.02 Å². The van der Waals surface area contributed by atoms with E-state index in [1.165, 1.54) is 0 Å². The second-order valence-electron chi connectivity index (χ2n) is 3.85. The zero-order valence-corrected chi connectivity index (χ0v) is 12.1. The van der Waals surface area contributed by atoms with E-state index in [-0.39, 0.29) is 0 Å². The van der Waals surface area contributed by atoms with Gasteiger partial charge in [-0.15, -0.1) is 0 Å². The molecule has 0 aliphatic heterocycles. The molecule has 0 aromatic heterocycles. The van der Waals surface area contributed by atoms with E-state index < -0.39 is 0 Å². The number of hydrogen-bond donors (Lipinski definition) is 0. The third kappa shape index (κ3) is 3.99. The molecule has 0 heterocycles. The molecular formula is C13H18BrClO. The van der Waals surface area contributed by atoms with Crippen LogP contribution in [-0.4, -0.2) is 11.9 Å². The van der Waals surface area contributed by atoms with Gasteiger partial charge < -0.3 is 4.74 Å². The first-order chi connectivity index (χ1) is 7.71. The van der Waals surface area contributed by atoms with Gasteiger partial charge in [0.1, 0.15) is 5.75 Å². The predicted molar refractivity (Wildman–Crippen MR) is 73.9 cm³/mol. The standard InChI is InChI=1S/C13H18BrClO/c1-3-10(8-14)9-16-12-5-6-13(15)11(4-2)7-12/h5-7,10H,3-4,8-9H2,1-2H3. The molecule has 1 unspecified atom stereocenters. The van der Waals surface area contributed by atoms with Gasteiger partial charge in [0.15, 0.2) is 0 Å². The van der Waals surface area contributed by atoms with Gasteiger partial charge in [-0.05, 0) is 36.6 Å². The molecule has 0 fully saturated rings. The zero-order valence-electron chi connectivity index (χ0n) is 9.80. The Labute approximate surface area is 111 Å². The molecule has 0 aliphatic carbocycles. The lowest BCUT2D eigenvalue weighted by molar-refractivity contribution is 0.260. The monoisotopic (exact) mass is 304 g/mol. The van der Waals surface area contributed by atoms with Crippen LogP contribution in [0.25, 0.3) is 0 Å². The molecule has 90 valence electrons. The van der Waals surface area contributed by atoms with Crippen LogP contribution in [0, 0.1) is 5.92 Å². The van der Waals surface area contributed by atoms with Crippen LogP contribution in [0.15, 0.2) is 18.2 Å². The van der Waals surface area contributed by atoms with Gasteiger partial charge in [0.2, 0.25) is 0 Å². The van der Waals surface area contributed by atoms with Crippen molar-refractivity contribution >= 4 is 27.5 Å². The van der Waals surface area contributed by atoms with E-state index in [0.717, 1.165) is 41.1 Å². The highest BCUT2D eigenvalue weighted by Crippen LogP contribution is 2.23. The van der Waals surface area contributed by atoms with Gasteiger partial charge in [0, 0.05) is 16.3 Å². The molecule has 3 heteroatoms.